The zero-order valence-electron chi connectivity index (χ0n) is 11.0. The molecule has 0 spiro atoms. The number of amides is 1. The van der Waals surface area contributed by atoms with Crippen molar-refractivity contribution in [2.75, 3.05) is 13.1 Å². The van der Waals surface area contributed by atoms with E-state index in [1.807, 2.05) is 0 Å². The zero-order valence-corrected chi connectivity index (χ0v) is 11.0. The van der Waals surface area contributed by atoms with E-state index in [1.54, 1.807) is 4.90 Å². The van der Waals surface area contributed by atoms with Crippen molar-refractivity contribution in [3.63, 3.8) is 0 Å². The number of alkyl halides is 3. The summed E-state index contributed by atoms with van der Waals surface area (Å²) in [4.78, 5) is 14.0. The molecule has 2 N–H and O–H groups in total. The molecule has 2 unspecified atom stereocenters. The Bertz CT molecular complexity index is 324. The number of carbonyl (C=O) groups excluding carboxylic acids is 1. The number of carbonyl (C=O) groups is 1. The van der Waals surface area contributed by atoms with Crippen molar-refractivity contribution in [1.82, 2.24) is 4.90 Å². The highest BCUT2D eigenvalue weighted by molar-refractivity contribution is 5.79. The molecule has 1 aliphatic heterocycles. The number of hydrogen-bond donors (Lipinski definition) is 1. The van der Waals surface area contributed by atoms with Crippen LogP contribution in [0.2, 0.25) is 0 Å². The van der Waals surface area contributed by atoms with Crippen LogP contribution in [0.25, 0.3) is 0 Å². The van der Waals surface area contributed by atoms with Crippen molar-refractivity contribution in [2.24, 2.45) is 17.6 Å². The number of nitrogens with zero attached hydrogens (tertiary/aromatic N) is 1. The summed E-state index contributed by atoms with van der Waals surface area (Å²) in [6, 6.07) is 0.123. The van der Waals surface area contributed by atoms with Gasteiger partial charge < -0.3 is 10.6 Å². The van der Waals surface area contributed by atoms with Crippen LogP contribution in [0.1, 0.15) is 38.5 Å². The predicted octanol–water partition coefficient (Wildman–Crippen LogP) is 2.30. The summed E-state index contributed by atoms with van der Waals surface area (Å²) in [6.45, 7) is 1.18. The van der Waals surface area contributed by atoms with Crippen LogP contribution in [0.5, 0.6) is 0 Å². The van der Waals surface area contributed by atoms with E-state index in [9.17, 15) is 18.0 Å². The first-order chi connectivity index (χ1) is 8.88. The Morgan fingerprint density at radius 1 is 1.11 bits per heavy atom. The second-order valence-corrected chi connectivity index (χ2v) is 5.76. The Balaban J connectivity index is 1.92. The molecule has 1 amide bonds. The fourth-order valence-electron chi connectivity index (χ4n) is 3.09. The van der Waals surface area contributed by atoms with E-state index in [2.05, 4.69) is 0 Å². The van der Waals surface area contributed by atoms with Crippen LogP contribution in [0.3, 0.4) is 0 Å². The summed E-state index contributed by atoms with van der Waals surface area (Å²) in [5.41, 5.74) is 5.77. The lowest BCUT2D eigenvalue weighted by molar-refractivity contribution is -0.187. The second kappa shape index (κ2) is 5.69. The van der Waals surface area contributed by atoms with E-state index in [0.29, 0.717) is 25.9 Å². The average molecular weight is 278 g/mol. The first kappa shape index (κ1) is 14.6. The van der Waals surface area contributed by atoms with E-state index in [1.165, 1.54) is 0 Å². The van der Waals surface area contributed by atoms with Crippen molar-refractivity contribution < 1.29 is 18.0 Å². The van der Waals surface area contributed by atoms with E-state index in [-0.39, 0.29) is 24.8 Å². The third kappa shape index (κ3) is 3.61. The molecule has 19 heavy (non-hydrogen) atoms. The van der Waals surface area contributed by atoms with Crippen molar-refractivity contribution in [3.05, 3.63) is 0 Å². The van der Waals surface area contributed by atoms with Crippen LogP contribution in [0.15, 0.2) is 0 Å². The SMILES string of the molecule is NC1CCN(C(=O)C2CCCC(C(F)(F)F)C2)CC1. The van der Waals surface area contributed by atoms with Gasteiger partial charge in [0.2, 0.25) is 5.91 Å². The van der Waals surface area contributed by atoms with Gasteiger partial charge in [0.1, 0.15) is 0 Å². The molecule has 2 aliphatic rings. The second-order valence-electron chi connectivity index (χ2n) is 5.76. The number of halogens is 3. The zero-order chi connectivity index (χ0) is 14.0. The molecule has 3 nitrogen and oxygen atoms in total. The highest BCUT2D eigenvalue weighted by Gasteiger charge is 2.44. The summed E-state index contributed by atoms with van der Waals surface area (Å²) in [7, 11) is 0. The molecule has 0 aromatic heterocycles. The number of rotatable bonds is 1. The molecule has 1 saturated heterocycles. The van der Waals surface area contributed by atoms with Crippen LogP contribution >= 0.6 is 0 Å². The molecule has 0 radical (unpaired) electrons. The number of piperidine rings is 1. The quantitative estimate of drug-likeness (QED) is 0.800. The average Bonchev–Trinajstić information content (AvgIpc) is 2.38. The van der Waals surface area contributed by atoms with Gasteiger partial charge in [0.15, 0.2) is 0 Å². The highest BCUT2D eigenvalue weighted by atomic mass is 19.4. The molecular weight excluding hydrogens is 257 g/mol. The third-order valence-electron chi connectivity index (χ3n) is 4.34. The van der Waals surface area contributed by atoms with Gasteiger partial charge in [-0.15, -0.1) is 0 Å². The maximum absolute atomic E-state index is 12.7. The van der Waals surface area contributed by atoms with Gasteiger partial charge in [-0.05, 0) is 32.1 Å². The molecule has 0 aromatic carbocycles. The van der Waals surface area contributed by atoms with E-state index in [0.717, 1.165) is 12.8 Å². The fourth-order valence-corrected chi connectivity index (χ4v) is 3.09. The van der Waals surface area contributed by atoms with Gasteiger partial charge in [0, 0.05) is 25.0 Å². The third-order valence-corrected chi connectivity index (χ3v) is 4.34. The molecule has 2 fully saturated rings. The lowest BCUT2D eigenvalue weighted by atomic mass is 9.80. The smallest absolute Gasteiger partial charge is 0.342 e. The molecule has 1 aliphatic carbocycles. The van der Waals surface area contributed by atoms with Crippen LogP contribution in [-0.2, 0) is 4.79 Å². The van der Waals surface area contributed by atoms with Gasteiger partial charge in [-0.1, -0.05) is 6.42 Å². The predicted molar refractivity (Wildman–Crippen MR) is 65.3 cm³/mol. The van der Waals surface area contributed by atoms with E-state index >= 15 is 0 Å². The summed E-state index contributed by atoms with van der Waals surface area (Å²) in [5.74, 6) is -1.85. The maximum Gasteiger partial charge on any atom is 0.391 e. The molecule has 1 heterocycles. The topological polar surface area (TPSA) is 46.3 Å². The Morgan fingerprint density at radius 2 is 1.74 bits per heavy atom. The summed E-state index contributed by atoms with van der Waals surface area (Å²) in [6.07, 6.45) is -1.45. The number of hydrogen-bond acceptors (Lipinski definition) is 2. The van der Waals surface area contributed by atoms with Crippen LogP contribution in [0.4, 0.5) is 13.2 Å². The van der Waals surface area contributed by atoms with Gasteiger partial charge in [-0.3, -0.25) is 4.79 Å². The monoisotopic (exact) mass is 278 g/mol. The van der Waals surface area contributed by atoms with Gasteiger partial charge in [0.05, 0.1) is 5.92 Å². The molecule has 2 rings (SSSR count). The standard InChI is InChI=1S/C13H21F3N2O/c14-13(15,16)10-3-1-2-9(8-10)12(19)18-6-4-11(17)5-7-18/h9-11H,1-8,17H2. The van der Waals surface area contributed by atoms with Crippen LogP contribution in [-0.4, -0.2) is 36.1 Å². The summed E-state index contributed by atoms with van der Waals surface area (Å²) < 4.78 is 38.2. The minimum atomic E-state index is -4.16. The van der Waals surface area contributed by atoms with Crippen LogP contribution in [0, 0.1) is 11.8 Å². The molecule has 0 aromatic rings. The van der Waals surface area contributed by atoms with Gasteiger partial charge in [0.25, 0.3) is 0 Å². The minimum Gasteiger partial charge on any atom is -0.342 e. The van der Waals surface area contributed by atoms with Crippen molar-refractivity contribution >= 4 is 5.91 Å². The summed E-state index contributed by atoms with van der Waals surface area (Å²) >= 11 is 0. The normalized spacial score (nSPS) is 30.4. The van der Waals surface area contributed by atoms with Crippen molar-refractivity contribution in [3.8, 4) is 0 Å². The molecule has 2 atom stereocenters. The minimum absolute atomic E-state index is 0.0368. The van der Waals surface area contributed by atoms with Crippen molar-refractivity contribution in [2.45, 2.75) is 50.7 Å². The van der Waals surface area contributed by atoms with Gasteiger partial charge in [-0.2, -0.15) is 13.2 Å². The fraction of sp³-hybridized carbons (Fsp3) is 0.923. The molecule has 110 valence electrons. The largest absolute Gasteiger partial charge is 0.391 e. The lowest BCUT2D eigenvalue weighted by Gasteiger charge is -2.36. The number of likely N-dealkylation sites (tertiary alicyclic amines) is 1. The first-order valence-corrected chi connectivity index (χ1v) is 6.99. The molecule has 0 bridgehead atoms. The number of nitrogens with two attached hydrogens (primary N) is 1. The molecule has 6 heteroatoms. The van der Waals surface area contributed by atoms with Crippen LogP contribution < -0.4 is 5.73 Å². The van der Waals surface area contributed by atoms with Gasteiger partial charge in [-0.25, -0.2) is 0 Å². The summed E-state index contributed by atoms with van der Waals surface area (Å²) in [5, 5.41) is 0. The highest BCUT2D eigenvalue weighted by Crippen LogP contribution is 2.40. The van der Waals surface area contributed by atoms with Crippen molar-refractivity contribution in [1.29, 1.82) is 0 Å². The Kier molecular flexibility index (Phi) is 4.38. The maximum atomic E-state index is 12.7. The van der Waals surface area contributed by atoms with E-state index < -0.39 is 18.0 Å². The van der Waals surface area contributed by atoms with Gasteiger partial charge >= 0.3 is 6.18 Å². The Hall–Kier alpha value is -0.780. The molecular formula is C13H21F3N2O. The Labute approximate surface area is 111 Å². The Morgan fingerprint density at radius 3 is 2.32 bits per heavy atom. The molecule has 1 saturated carbocycles. The first-order valence-electron chi connectivity index (χ1n) is 6.99. The van der Waals surface area contributed by atoms with E-state index in [4.69, 9.17) is 5.73 Å². The lowest BCUT2D eigenvalue weighted by Crippen LogP contribution is -2.46.